The van der Waals surface area contributed by atoms with Crippen molar-refractivity contribution in [3.63, 3.8) is 0 Å². The number of esters is 1. The quantitative estimate of drug-likeness (QED) is 0.218. The van der Waals surface area contributed by atoms with Gasteiger partial charge in [0.15, 0.2) is 0 Å². The van der Waals surface area contributed by atoms with E-state index in [-0.39, 0.29) is 42.0 Å². The monoisotopic (exact) mass is 669 g/mol. The average Bonchev–Trinajstić information content (AvgIpc) is 3.00. The number of hydrogen-bond acceptors (Lipinski definition) is 7. The smallest absolute Gasteiger partial charge is 0.416 e. The Morgan fingerprint density at radius 1 is 0.933 bits per heavy atom. The van der Waals surface area contributed by atoms with Crippen LogP contribution in [0.4, 0.5) is 13.2 Å². The van der Waals surface area contributed by atoms with Gasteiger partial charge in [0.2, 0.25) is 15.9 Å². The lowest BCUT2D eigenvalue weighted by atomic mass is 9.85. The number of ether oxygens (including phenoxy) is 1. The van der Waals surface area contributed by atoms with Gasteiger partial charge in [0.25, 0.3) is 0 Å². The van der Waals surface area contributed by atoms with Crippen molar-refractivity contribution in [2.24, 2.45) is 11.7 Å². The molecule has 0 bridgehead atoms. The maximum absolute atomic E-state index is 13.2. The third kappa shape index (κ3) is 10.2. The summed E-state index contributed by atoms with van der Waals surface area (Å²) in [5, 5.41) is 12.4. The van der Waals surface area contributed by atoms with Crippen molar-refractivity contribution >= 4 is 34.3 Å². The second-order valence-corrected chi connectivity index (χ2v) is 12.5. The number of sulfonamides is 1. The minimum atomic E-state index is -4.57. The van der Waals surface area contributed by atoms with Crippen LogP contribution in [0.15, 0.2) is 83.8 Å². The Balaban J connectivity index is 0.00000552. The number of nitrogens with two attached hydrogens (primary N) is 1. The molecule has 0 unspecified atom stereocenters. The molecule has 0 aliphatic heterocycles. The van der Waals surface area contributed by atoms with Crippen molar-refractivity contribution in [3.05, 3.63) is 95.6 Å². The van der Waals surface area contributed by atoms with E-state index >= 15 is 0 Å². The highest BCUT2D eigenvalue weighted by molar-refractivity contribution is 7.89. The summed E-state index contributed by atoms with van der Waals surface area (Å²) in [6.45, 7) is -0.153. The lowest BCUT2D eigenvalue weighted by Gasteiger charge is -2.30. The SMILES string of the molecule is Cl.N[C@@H](Cc1ccc(O)cc1)C(=O)OC[C@@H](NC(=O)[C@H]1CC[C@H](NS(=O)(=O)c2ccc(C(F)(F)F)cc2)CC1)c1ccccc1. The van der Waals surface area contributed by atoms with Crippen LogP contribution in [0.3, 0.4) is 0 Å². The number of phenolic OH excluding ortho intramolecular Hbond substituents is 1. The van der Waals surface area contributed by atoms with E-state index in [9.17, 15) is 36.3 Å². The van der Waals surface area contributed by atoms with Crippen LogP contribution < -0.4 is 15.8 Å². The predicted octanol–water partition coefficient (Wildman–Crippen LogP) is 4.64. The number of alkyl halides is 3. The van der Waals surface area contributed by atoms with Gasteiger partial charge in [-0.25, -0.2) is 13.1 Å². The molecule has 3 aromatic rings. The third-order valence-electron chi connectivity index (χ3n) is 7.52. The Morgan fingerprint density at radius 3 is 2.11 bits per heavy atom. The summed E-state index contributed by atoms with van der Waals surface area (Å²) in [7, 11) is -4.05. The van der Waals surface area contributed by atoms with Crippen LogP contribution in [0, 0.1) is 5.92 Å². The summed E-state index contributed by atoms with van der Waals surface area (Å²) < 4.78 is 72.0. The molecule has 3 aromatic carbocycles. The number of nitrogens with one attached hydrogen (secondary N) is 2. The van der Waals surface area contributed by atoms with Gasteiger partial charge in [-0.15, -0.1) is 12.4 Å². The van der Waals surface area contributed by atoms with E-state index in [0.717, 1.165) is 35.4 Å². The number of rotatable bonds is 11. The summed E-state index contributed by atoms with van der Waals surface area (Å²) in [5.41, 5.74) is 6.56. The molecule has 0 aromatic heterocycles. The topological polar surface area (TPSA) is 148 Å². The van der Waals surface area contributed by atoms with E-state index in [1.165, 1.54) is 12.1 Å². The number of amides is 1. The number of phenols is 1. The van der Waals surface area contributed by atoms with E-state index in [4.69, 9.17) is 10.5 Å². The van der Waals surface area contributed by atoms with Gasteiger partial charge in [-0.1, -0.05) is 42.5 Å². The van der Waals surface area contributed by atoms with Gasteiger partial charge in [0.1, 0.15) is 18.4 Å². The highest BCUT2D eigenvalue weighted by Crippen LogP contribution is 2.30. The van der Waals surface area contributed by atoms with E-state index in [0.29, 0.717) is 25.7 Å². The normalized spacial score (nSPS) is 18.2. The summed E-state index contributed by atoms with van der Waals surface area (Å²) in [6, 6.07) is 16.5. The maximum atomic E-state index is 13.2. The van der Waals surface area contributed by atoms with Crippen molar-refractivity contribution in [2.45, 2.75) is 61.3 Å². The molecule has 14 heteroatoms. The minimum Gasteiger partial charge on any atom is -0.508 e. The zero-order valence-electron chi connectivity index (χ0n) is 24.1. The Labute approximate surface area is 265 Å². The molecule has 1 fully saturated rings. The van der Waals surface area contributed by atoms with Crippen LogP contribution in [-0.2, 0) is 36.9 Å². The van der Waals surface area contributed by atoms with E-state index in [1.54, 1.807) is 36.4 Å². The number of halogens is 4. The van der Waals surface area contributed by atoms with Crippen LogP contribution in [-0.4, -0.2) is 44.1 Å². The van der Waals surface area contributed by atoms with Crippen molar-refractivity contribution in [1.29, 1.82) is 0 Å². The van der Waals surface area contributed by atoms with Gasteiger partial charge in [0.05, 0.1) is 16.5 Å². The summed E-state index contributed by atoms with van der Waals surface area (Å²) in [4.78, 5) is 25.6. The molecule has 5 N–H and O–H groups in total. The zero-order chi connectivity index (χ0) is 31.9. The standard InChI is InChI=1S/C31H34F3N3O6S.ClH/c32-31(33,34)23-10-16-26(17-11-23)44(41,42)37-24-12-8-22(9-13-24)29(39)36-28(21-4-2-1-3-5-21)19-43-30(40)27(35)18-20-6-14-25(38)15-7-20;/h1-7,10-11,14-17,22,24,27-28,37-38H,8-9,12-13,18-19,35H2,(H,36,39);1H/t22-,24-,27-,28+;/m0./s1. The van der Waals surface area contributed by atoms with Crippen LogP contribution in [0.5, 0.6) is 5.75 Å². The number of carbonyl (C=O) groups excluding carboxylic acids is 2. The highest BCUT2D eigenvalue weighted by atomic mass is 35.5. The lowest BCUT2D eigenvalue weighted by molar-refractivity contribution is -0.146. The van der Waals surface area contributed by atoms with Gasteiger partial charge in [-0.05, 0) is 79.6 Å². The molecule has 1 amide bonds. The molecule has 0 heterocycles. The van der Waals surface area contributed by atoms with Crippen LogP contribution in [0.25, 0.3) is 0 Å². The molecule has 0 spiro atoms. The molecule has 2 atom stereocenters. The average molecular weight is 670 g/mol. The largest absolute Gasteiger partial charge is 0.508 e. The fraction of sp³-hybridized carbons (Fsp3) is 0.355. The van der Waals surface area contributed by atoms with E-state index < -0.39 is 51.8 Å². The van der Waals surface area contributed by atoms with Gasteiger partial charge in [-0.3, -0.25) is 9.59 Å². The summed E-state index contributed by atoms with van der Waals surface area (Å²) in [6.07, 6.45) is -2.90. The predicted molar refractivity (Wildman–Crippen MR) is 163 cm³/mol. The van der Waals surface area contributed by atoms with Crippen molar-refractivity contribution in [3.8, 4) is 5.75 Å². The van der Waals surface area contributed by atoms with Crippen molar-refractivity contribution in [1.82, 2.24) is 10.0 Å². The highest BCUT2D eigenvalue weighted by Gasteiger charge is 2.33. The number of aromatic hydroxyl groups is 1. The molecular weight excluding hydrogens is 635 g/mol. The zero-order valence-corrected chi connectivity index (χ0v) is 25.7. The van der Waals surface area contributed by atoms with Crippen LogP contribution >= 0.6 is 12.4 Å². The van der Waals surface area contributed by atoms with Crippen molar-refractivity contribution in [2.75, 3.05) is 6.61 Å². The minimum absolute atomic E-state index is 0. The Morgan fingerprint density at radius 2 is 1.53 bits per heavy atom. The molecular formula is C31H35ClF3N3O6S. The van der Waals surface area contributed by atoms with Gasteiger partial charge >= 0.3 is 12.1 Å². The molecule has 4 rings (SSSR count). The molecule has 1 aliphatic carbocycles. The second-order valence-electron chi connectivity index (χ2n) is 10.8. The fourth-order valence-corrected chi connectivity index (χ4v) is 6.33. The number of benzene rings is 3. The van der Waals surface area contributed by atoms with Crippen molar-refractivity contribution < 1.29 is 41.0 Å². The number of carbonyl (C=O) groups is 2. The maximum Gasteiger partial charge on any atom is 0.416 e. The van der Waals surface area contributed by atoms with Gasteiger partial charge in [0, 0.05) is 12.0 Å². The van der Waals surface area contributed by atoms with Gasteiger partial charge in [-0.2, -0.15) is 13.2 Å². The lowest BCUT2D eigenvalue weighted by Crippen LogP contribution is -2.42. The second kappa shape index (κ2) is 15.6. The first kappa shape index (κ1) is 35.8. The molecule has 0 saturated heterocycles. The third-order valence-corrected chi connectivity index (χ3v) is 9.05. The Bertz CT molecular complexity index is 1520. The van der Waals surface area contributed by atoms with Crippen LogP contribution in [0.1, 0.15) is 48.4 Å². The van der Waals surface area contributed by atoms with Gasteiger partial charge < -0.3 is 20.9 Å². The first-order valence-corrected chi connectivity index (χ1v) is 15.5. The summed E-state index contributed by atoms with van der Waals surface area (Å²) >= 11 is 0. The molecule has 0 radical (unpaired) electrons. The first-order chi connectivity index (χ1) is 20.8. The molecule has 244 valence electrons. The van der Waals surface area contributed by atoms with E-state index in [2.05, 4.69) is 10.0 Å². The molecule has 9 nitrogen and oxygen atoms in total. The molecule has 1 saturated carbocycles. The van der Waals surface area contributed by atoms with Crippen LogP contribution in [0.2, 0.25) is 0 Å². The van der Waals surface area contributed by atoms with E-state index in [1.807, 2.05) is 6.07 Å². The fourth-order valence-electron chi connectivity index (χ4n) is 5.02. The number of hydrogen-bond donors (Lipinski definition) is 4. The first-order valence-electron chi connectivity index (χ1n) is 14.1. The molecule has 1 aliphatic rings. The Hall–Kier alpha value is -3.65. The summed E-state index contributed by atoms with van der Waals surface area (Å²) in [5.74, 6) is -1.23. The molecule has 45 heavy (non-hydrogen) atoms. The Kier molecular flexibility index (Phi) is 12.4.